The maximum absolute atomic E-state index is 12.2. The van der Waals surface area contributed by atoms with Crippen molar-refractivity contribution in [1.29, 1.82) is 0 Å². The number of aryl methyl sites for hydroxylation is 2. The molecule has 0 saturated carbocycles. The molecular weight excluding hydrogens is 703 g/mol. The molecule has 292 valence electrons. The SMILES string of the molecule is C=C(C)C(=O)OCCCCC1(CCCCOC(=O)C(=C)C)c2ccccc2-c2ccc(N(c3ccc4c(c3)C(C)(C)c3ccccc3-4)c3ccc(C)cc3C)cc21. The minimum atomic E-state index is -0.347. The van der Waals surface area contributed by atoms with Gasteiger partial charge in [0.1, 0.15) is 0 Å². The molecule has 5 heteroatoms. The number of unbranched alkanes of at least 4 members (excludes halogenated alkanes) is 2. The first-order valence-corrected chi connectivity index (χ1v) is 20.3. The van der Waals surface area contributed by atoms with Crippen molar-refractivity contribution in [1.82, 2.24) is 0 Å². The van der Waals surface area contributed by atoms with Crippen LogP contribution in [-0.2, 0) is 29.9 Å². The van der Waals surface area contributed by atoms with Crippen LogP contribution in [0.25, 0.3) is 22.3 Å². The molecule has 5 aromatic carbocycles. The van der Waals surface area contributed by atoms with Crippen LogP contribution in [0, 0.1) is 13.8 Å². The molecule has 0 spiro atoms. The average Bonchev–Trinajstić information content (AvgIpc) is 3.59. The molecule has 5 aromatic rings. The van der Waals surface area contributed by atoms with E-state index in [0.717, 1.165) is 55.6 Å². The summed E-state index contributed by atoms with van der Waals surface area (Å²) in [6.45, 7) is 20.6. The first-order valence-electron chi connectivity index (χ1n) is 20.3. The maximum Gasteiger partial charge on any atom is 0.333 e. The lowest BCUT2D eigenvalue weighted by atomic mass is 9.70. The Morgan fingerprint density at radius 1 is 0.579 bits per heavy atom. The molecule has 0 aromatic heterocycles. The number of carbonyl (C=O) groups excluding carboxylic acids is 2. The summed E-state index contributed by atoms with van der Waals surface area (Å²) in [5.41, 5.74) is 16.7. The molecule has 2 aliphatic carbocycles. The lowest BCUT2D eigenvalue weighted by molar-refractivity contribution is -0.139. The van der Waals surface area contributed by atoms with Crippen LogP contribution in [0.2, 0.25) is 0 Å². The van der Waals surface area contributed by atoms with E-state index in [1.165, 1.54) is 55.6 Å². The Morgan fingerprint density at radius 3 is 1.63 bits per heavy atom. The molecule has 0 N–H and O–H groups in total. The molecule has 57 heavy (non-hydrogen) atoms. The smallest absolute Gasteiger partial charge is 0.333 e. The lowest BCUT2D eigenvalue weighted by Crippen LogP contribution is -2.26. The Kier molecular flexibility index (Phi) is 11.1. The number of esters is 2. The van der Waals surface area contributed by atoms with E-state index < -0.39 is 0 Å². The van der Waals surface area contributed by atoms with Crippen molar-refractivity contribution < 1.29 is 19.1 Å². The molecule has 0 amide bonds. The fourth-order valence-corrected chi connectivity index (χ4v) is 9.19. The summed E-state index contributed by atoms with van der Waals surface area (Å²) in [6.07, 6.45) is 4.99. The van der Waals surface area contributed by atoms with Crippen LogP contribution >= 0.6 is 0 Å². The van der Waals surface area contributed by atoms with E-state index in [1.807, 2.05) is 0 Å². The van der Waals surface area contributed by atoms with E-state index in [0.29, 0.717) is 24.4 Å². The lowest BCUT2D eigenvalue weighted by Gasteiger charge is -2.34. The third-order valence-electron chi connectivity index (χ3n) is 12.1. The van der Waals surface area contributed by atoms with Crippen molar-refractivity contribution in [2.24, 2.45) is 0 Å². The molecule has 0 fully saturated rings. The second-order valence-corrected chi connectivity index (χ2v) is 16.6. The number of hydrogen-bond donors (Lipinski definition) is 0. The van der Waals surface area contributed by atoms with Gasteiger partial charge in [-0.1, -0.05) is 105 Å². The van der Waals surface area contributed by atoms with Gasteiger partial charge in [-0.3, -0.25) is 0 Å². The largest absolute Gasteiger partial charge is 0.462 e. The highest BCUT2D eigenvalue weighted by Crippen LogP contribution is 2.56. The van der Waals surface area contributed by atoms with E-state index >= 15 is 0 Å². The fourth-order valence-electron chi connectivity index (χ4n) is 9.19. The molecular formula is C52H55NO4. The molecule has 0 aliphatic heterocycles. The monoisotopic (exact) mass is 757 g/mol. The minimum Gasteiger partial charge on any atom is -0.462 e. The first kappa shape index (κ1) is 39.6. The summed E-state index contributed by atoms with van der Waals surface area (Å²) in [5, 5.41) is 0. The predicted molar refractivity (Wildman–Crippen MR) is 234 cm³/mol. The quantitative estimate of drug-likeness (QED) is 0.0605. The van der Waals surface area contributed by atoms with Crippen LogP contribution < -0.4 is 4.90 Å². The Morgan fingerprint density at radius 2 is 1.07 bits per heavy atom. The molecule has 2 aliphatic rings. The Labute approximate surface area is 339 Å². The fraction of sp³-hybridized carbons (Fsp3) is 0.308. The van der Waals surface area contributed by atoms with Gasteiger partial charge >= 0.3 is 11.9 Å². The number of anilines is 3. The van der Waals surface area contributed by atoms with Crippen molar-refractivity contribution in [2.75, 3.05) is 18.1 Å². The van der Waals surface area contributed by atoms with Gasteiger partial charge in [-0.25, -0.2) is 9.59 Å². The standard InChI is InChI=1S/C52H55NO4/c1-34(2)49(54)56-29-15-13-27-52(28-14-16-30-57-50(55)35(3)4)45-20-12-10-18-41(45)43-25-23-39(33-47(43)52)53(48-26-21-36(5)31-37(48)6)38-22-24-42-40-17-9-11-19-44(40)51(7,8)46(42)32-38/h9-12,17-26,31-33H,1,3,13-16,27-30H2,2,4-8H3. The number of carbonyl (C=O) groups is 2. The van der Waals surface area contributed by atoms with Gasteiger partial charge < -0.3 is 14.4 Å². The maximum atomic E-state index is 12.2. The van der Waals surface area contributed by atoms with Crippen LogP contribution in [0.5, 0.6) is 0 Å². The number of rotatable bonds is 15. The van der Waals surface area contributed by atoms with E-state index in [4.69, 9.17) is 9.47 Å². The Hall–Kier alpha value is -5.68. The van der Waals surface area contributed by atoms with Crippen LogP contribution in [-0.4, -0.2) is 25.2 Å². The Balaban J connectivity index is 1.32. The van der Waals surface area contributed by atoms with E-state index in [-0.39, 0.29) is 22.8 Å². The molecule has 7 rings (SSSR count). The highest BCUT2D eigenvalue weighted by molar-refractivity contribution is 5.89. The zero-order chi connectivity index (χ0) is 40.5. The highest BCUT2D eigenvalue weighted by Gasteiger charge is 2.43. The second kappa shape index (κ2) is 16.1. The second-order valence-electron chi connectivity index (χ2n) is 16.6. The van der Waals surface area contributed by atoms with Gasteiger partial charge in [0.05, 0.1) is 13.2 Å². The molecule has 0 saturated heterocycles. The van der Waals surface area contributed by atoms with Gasteiger partial charge in [0, 0.05) is 39.0 Å². The number of ether oxygens (including phenoxy) is 2. The normalized spacial score (nSPS) is 13.9. The third kappa shape index (κ3) is 7.48. The van der Waals surface area contributed by atoms with Gasteiger partial charge in [0.15, 0.2) is 0 Å². The van der Waals surface area contributed by atoms with Crippen LogP contribution in [0.4, 0.5) is 17.1 Å². The first-order chi connectivity index (χ1) is 27.3. The van der Waals surface area contributed by atoms with E-state index in [1.54, 1.807) is 13.8 Å². The summed E-state index contributed by atoms with van der Waals surface area (Å²) < 4.78 is 11.1. The van der Waals surface area contributed by atoms with Crippen LogP contribution in [0.3, 0.4) is 0 Å². The zero-order valence-electron chi connectivity index (χ0n) is 34.5. The van der Waals surface area contributed by atoms with Crippen LogP contribution in [0.1, 0.15) is 99.6 Å². The minimum absolute atomic E-state index is 0.137. The molecule has 0 bridgehead atoms. The summed E-state index contributed by atoms with van der Waals surface area (Å²) in [4.78, 5) is 26.9. The average molecular weight is 758 g/mol. The van der Waals surface area contributed by atoms with Gasteiger partial charge in [0.2, 0.25) is 0 Å². The van der Waals surface area contributed by atoms with Crippen molar-refractivity contribution in [2.45, 2.75) is 90.9 Å². The summed E-state index contributed by atoms with van der Waals surface area (Å²) >= 11 is 0. The topological polar surface area (TPSA) is 55.8 Å². The summed E-state index contributed by atoms with van der Waals surface area (Å²) in [7, 11) is 0. The number of nitrogens with zero attached hydrogens (tertiary/aromatic N) is 1. The molecule has 0 radical (unpaired) electrons. The van der Waals surface area contributed by atoms with Crippen molar-refractivity contribution in [3.05, 3.63) is 161 Å². The summed E-state index contributed by atoms with van der Waals surface area (Å²) in [5.74, 6) is -0.693. The number of benzene rings is 5. The highest BCUT2D eigenvalue weighted by atomic mass is 16.5. The third-order valence-corrected chi connectivity index (χ3v) is 12.1. The Bertz CT molecular complexity index is 2350. The predicted octanol–water partition coefficient (Wildman–Crippen LogP) is 12.9. The van der Waals surface area contributed by atoms with E-state index in [2.05, 4.69) is 149 Å². The zero-order valence-corrected chi connectivity index (χ0v) is 34.5. The molecule has 5 nitrogen and oxygen atoms in total. The van der Waals surface area contributed by atoms with Crippen molar-refractivity contribution in [3.63, 3.8) is 0 Å². The van der Waals surface area contributed by atoms with Gasteiger partial charge in [-0.2, -0.15) is 0 Å². The van der Waals surface area contributed by atoms with Crippen molar-refractivity contribution >= 4 is 29.0 Å². The summed E-state index contributed by atoms with van der Waals surface area (Å²) in [6, 6.07) is 38.4. The van der Waals surface area contributed by atoms with E-state index in [9.17, 15) is 9.59 Å². The van der Waals surface area contributed by atoms with Crippen molar-refractivity contribution in [3.8, 4) is 22.3 Å². The van der Waals surface area contributed by atoms with Gasteiger partial charge in [0.25, 0.3) is 0 Å². The van der Waals surface area contributed by atoms with Gasteiger partial charge in [-0.05, 0) is 147 Å². The number of fused-ring (bicyclic) bond motifs is 6. The molecule has 0 atom stereocenters. The molecule has 0 heterocycles. The molecule has 0 unspecified atom stereocenters. The number of hydrogen-bond acceptors (Lipinski definition) is 5. The van der Waals surface area contributed by atoms with Crippen LogP contribution in [0.15, 0.2) is 127 Å². The van der Waals surface area contributed by atoms with Gasteiger partial charge in [-0.15, -0.1) is 0 Å².